The first-order valence-electron chi connectivity index (χ1n) is 1.21. The van der Waals surface area contributed by atoms with Crippen LogP contribution in [0.5, 0.6) is 0 Å². The molecule has 1 nitrogen and oxygen atoms in total. The summed E-state index contributed by atoms with van der Waals surface area (Å²) in [6.45, 7) is 2.50. The van der Waals surface area contributed by atoms with Crippen molar-refractivity contribution in [3.63, 3.8) is 0 Å². The summed E-state index contributed by atoms with van der Waals surface area (Å²) in [5, 5.41) is 3.00. The second-order valence-corrected chi connectivity index (χ2v) is 0.750. The predicted octanol–water partition coefficient (Wildman–Crippen LogP) is -1.59. The van der Waals surface area contributed by atoms with Gasteiger partial charge in [-0.3, -0.25) is 0 Å². The maximum Gasteiger partial charge on any atom is 0.187 e. The minimum atomic E-state index is 0. The Hall–Kier alpha value is 0.492. The van der Waals surface area contributed by atoms with Crippen LogP contribution in [0.2, 0.25) is 0 Å². The Morgan fingerprint density at radius 2 is 1.50 bits per heavy atom. The molecule has 1 fully saturated rings. The van der Waals surface area contributed by atoms with E-state index in [0.717, 1.165) is 0 Å². The first kappa shape index (κ1) is 4.49. The zero-order valence-corrected chi connectivity index (χ0v) is 1.91. The minimum absolute atomic E-state index is 0. The van der Waals surface area contributed by atoms with Gasteiger partial charge in [0.25, 0.3) is 0 Å². The number of hydrogen-bond acceptors (Lipinski definition) is 1. The Morgan fingerprint density at radius 1 is 1.25 bits per heavy atom. The largest absolute Gasteiger partial charge is 0.314 e. The Balaban J connectivity index is 0.0000000900. The van der Waals surface area contributed by atoms with Gasteiger partial charge in [-0.2, -0.15) is 0 Å². The molecule has 0 bridgehead atoms. The van der Waals surface area contributed by atoms with Crippen molar-refractivity contribution in [2.24, 2.45) is 0 Å². The van der Waals surface area contributed by atoms with Crippen LogP contribution in [0, 0.1) is 0 Å². The highest BCUT2D eigenvalue weighted by molar-refractivity contribution is 5.75. The van der Waals surface area contributed by atoms with Crippen molar-refractivity contribution in [2.45, 2.75) is 0 Å². The van der Waals surface area contributed by atoms with Crippen molar-refractivity contribution in [3.05, 3.63) is 0 Å². The highest BCUT2D eigenvalue weighted by atomic mass is 27.0. The first-order valence-corrected chi connectivity index (χ1v) is 1.21. The van der Waals surface area contributed by atoms with Gasteiger partial charge < -0.3 is 5.32 Å². The molecule has 1 heterocycles. The van der Waals surface area contributed by atoms with Gasteiger partial charge in [-0.05, 0) is 0 Å². The van der Waals surface area contributed by atoms with Gasteiger partial charge in [0.2, 0.25) is 0 Å². The van der Waals surface area contributed by atoms with Gasteiger partial charge >= 0.3 is 0 Å². The number of nitrogens with one attached hydrogen (secondary N) is 1. The molecule has 0 aromatic rings. The van der Waals surface area contributed by atoms with Crippen LogP contribution in [0.3, 0.4) is 0 Å². The van der Waals surface area contributed by atoms with Crippen LogP contribution in [-0.4, -0.2) is 30.5 Å². The standard InChI is InChI=1S/C2H5N.Al.3H/c1-2-3-1;;;;/h3H,1-2H2;;;;. The first-order chi connectivity index (χ1) is 1.50. The van der Waals surface area contributed by atoms with E-state index in [9.17, 15) is 0 Å². The lowest BCUT2D eigenvalue weighted by molar-refractivity contribution is 1.34. The van der Waals surface area contributed by atoms with Crippen molar-refractivity contribution in [2.75, 3.05) is 13.1 Å². The normalized spacial score (nSPS) is 18.0. The Labute approximate surface area is 36.5 Å². The van der Waals surface area contributed by atoms with E-state index in [1.165, 1.54) is 13.1 Å². The maximum absolute atomic E-state index is 3.00. The lowest BCUT2D eigenvalue weighted by Crippen LogP contribution is -1.56. The maximum atomic E-state index is 3.00. The van der Waals surface area contributed by atoms with Crippen LogP contribution in [0.1, 0.15) is 0 Å². The molecule has 0 aromatic heterocycles. The molecule has 0 saturated carbocycles. The Bertz CT molecular complexity index is 10.8. The average molecular weight is 73.1 g/mol. The van der Waals surface area contributed by atoms with Crippen molar-refractivity contribution < 1.29 is 0 Å². The van der Waals surface area contributed by atoms with E-state index in [4.69, 9.17) is 0 Å². The van der Waals surface area contributed by atoms with E-state index in [1.807, 2.05) is 0 Å². The molecule has 1 N–H and O–H groups in total. The summed E-state index contributed by atoms with van der Waals surface area (Å²) in [5.41, 5.74) is 0. The van der Waals surface area contributed by atoms with Crippen molar-refractivity contribution in [1.29, 1.82) is 0 Å². The second-order valence-electron chi connectivity index (χ2n) is 0.750. The fourth-order valence-corrected chi connectivity index (χ4v) is 0. The molecular formula is C2H8AlN. The highest BCUT2D eigenvalue weighted by Crippen LogP contribution is 1.65. The Morgan fingerprint density at radius 3 is 1.50 bits per heavy atom. The van der Waals surface area contributed by atoms with Gasteiger partial charge in [-0.25, -0.2) is 0 Å². The van der Waals surface area contributed by atoms with E-state index in [2.05, 4.69) is 5.32 Å². The lowest BCUT2D eigenvalue weighted by atomic mass is 11.0. The molecule has 0 radical (unpaired) electrons. The van der Waals surface area contributed by atoms with E-state index in [1.54, 1.807) is 0 Å². The topological polar surface area (TPSA) is 21.9 Å². The highest BCUT2D eigenvalue weighted by Gasteiger charge is 1.91. The Kier molecular flexibility index (Phi) is 2.00. The average Bonchev–Trinajstić information content (AvgIpc) is 1.46. The van der Waals surface area contributed by atoms with Crippen LogP contribution in [0.4, 0.5) is 0 Å². The molecule has 1 aliphatic rings. The SMILES string of the molecule is C1CN1.[AlH3]. The molecule has 1 rings (SSSR count). The van der Waals surface area contributed by atoms with Gasteiger partial charge in [0.05, 0.1) is 0 Å². The molecule has 1 saturated heterocycles. The van der Waals surface area contributed by atoms with Crippen LogP contribution < -0.4 is 5.32 Å². The summed E-state index contributed by atoms with van der Waals surface area (Å²) in [6, 6.07) is 0. The molecule has 1 aliphatic heterocycles. The van der Waals surface area contributed by atoms with Crippen LogP contribution in [0.15, 0.2) is 0 Å². The summed E-state index contributed by atoms with van der Waals surface area (Å²) in [6.07, 6.45) is 0. The third-order valence-electron chi connectivity index (χ3n) is 0.250. The summed E-state index contributed by atoms with van der Waals surface area (Å²) in [7, 11) is 0. The number of hydrogen-bond donors (Lipinski definition) is 1. The zero-order valence-electron chi connectivity index (χ0n) is 1.91. The van der Waals surface area contributed by atoms with Gasteiger partial charge in [0.1, 0.15) is 0 Å². The third kappa shape index (κ3) is 2.49. The molecular weight excluding hydrogens is 65.0 g/mol. The summed E-state index contributed by atoms with van der Waals surface area (Å²) in [5.74, 6) is 0. The zero-order chi connectivity index (χ0) is 2.12. The van der Waals surface area contributed by atoms with E-state index in [0.29, 0.717) is 0 Å². The van der Waals surface area contributed by atoms with E-state index < -0.39 is 0 Å². The van der Waals surface area contributed by atoms with Crippen LogP contribution in [-0.2, 0) is 0 Å². The van der Waals surface area contributed by atoms with Gasteiger partial charge in [-0.1, -0.05) is 0 Å². The third-order valence-corrected chi connectivity index (χ3v) is 0.250. The predicted molar refractivity (Wildman–Crippen MR) is 22.8 cm³/mol. The molecule has 2 heteroatoms. The van der Waals surface area contributed by atoms with Crippen LogP contribution in [0.25, 0.3) is 0 Å². The monoisotopic (exact) mass is 73.0 g/mol. The summed E-state index contributed by atoms with van der Waals surface area (Å²) in [4.78, 5) is 0. The smallest absolute Gasteiger partial charge is 0.187 e. The molecule has 4 heavy (non-hydrogen) atoms. The summed E-state index contributed by atoms with van der Waals surface area (Å²) >= 11 is 0. The molecule has 0 amide bonds. The van der Waals surface area contributed by atoms with Gasteiger partial charge in [0, 0.05) is 13.1 Å². The van der Waals surface area contributed by atoms with Gasteiger partial charge in [-0.15, -0.1) is 0 Å². The fraction of sp³-hybridized carbons (Fsp3) is 1.00. The van der Waals surface area contributed by atoms with Crippen LogP contribution >= 0.6 is 0 Å². The summed E-state index contributed by atoms with van der Waals surface area (Å²) < 4.78 is 0. The van der Waals surface area contributed by atoms with Crippen molar-refractivity contribution in [3.8, 4) is 0 Å². The fourth-order valence-electron chi connectivity index (χ4n) is 0. The lowest BCUT2D eigenvalue weighted by Gasteiger charge is -1.21. The van der Waals surface area contributed by atoms with E-state index >= 15 is 0 Å². The molecule has 0 unspecified atom stereocenters. The molecule has 0 atom stereocenters. The molecule has 0 spiro atoms. The number of rotatable bonds is 0. The molecule has 24 valence electrons. The van der Waals surface area contributed by atoms with Crippen molar-refractivity contribution in [1.82, 2.24) is 5.32 Å². The molecule has 0 aromatic carbocycles. The molecule has 0 aliphatic carbocycles. The minimum Gasteiger partial charge on any atom is -0.314 e. The second kappa shape index (κ2) is 1.78. The van der Waals surface area contributed by atoms with E-state index in [-0.39, 0.29) is 17.4 Å². The van der Waals surface area contributed by atoms with Crippen molar-refractivity contribution >= 4 is 17.4 Å². The quantitative estimate of drug-likeness (QED) is 0.271. The van der Waals surface area contributed by atoms with Gasteiger partial charge in [0.15, 0.2) is 17.4 Å².